The fourth-order valence-electron chi connectivity index (χ4n) is 5.09. The van der Waals surface area contributed by atoms with Crippen LogP contribution in [-0.2, 0) is 4.79 Å². The number of hydrogen-bond acceptors (Lipinski definition) is 7. The number of benzene rings is 2. The van der Waals surface area contributed by atoms with E-state index < -0.39 is 0 Å². The van der Waals surface area contributed by atoms with Gasteiger partial charge >= 0.3 is 6.03 Å². The number of nitrogens with zero attached hydrogens (tertiary/aromatic N) is 4. The first-order valence-corrected chi connectivity index (χ1v) is 14.5. The molecule has 1 fully saturated rings. The van der Waals surface area contributed by atoms with Gasteiger partial charge in [0.25, 0.3) is 5.91 Å². The van der Waals surface area contributed by atoms with Gasteiger partial charge in [0.15, 0.2) is 0 Å². The highest BCUT2D eigenvalue weighted by atomic mass is 32.1. The van der Waals surface area contributed by atoms with Crippen LogP contribution in [0.25, 0.3) is 10.2 Å². The lowest BCUT2D eigenvalue weighted by atomic mass is 10.1. The second-order valence-corrected chi connectivity index (χ2v) is 11.4. The summed E-state index contributed by atoms with van der Waals surface area (Å²) in [5.41, 5.74) is 1.75. The number of amides is 4. The van der Waals surface area contributed by atoms with Crippen LogP contribution in [0.5, 0.6) is 11.5 Å². The molecule has 0 saturated carbocycles. The molecule has 11 heteroatoms. The average molecular weight is 583 g/mol. The van der Waals surface area contributed by atoms with Crippen molar-refractivity contribution < 1.29 is 19.1 Å². The van der Waals surface area contributed by atoms with Crippen LogP contribution in [0.4, 0.5) is 21.9 Å². The van der Waals surface area contributed by atoms with Gasteiger partial charge in [-0.1, -0.05) is 24.3 Å². The van der Waals surface area contributed by atoms with Crippen LogP contribution in [0.15, 0.2) is 79.0 Å². The number of urea groups is 1. The summed E-state index contributed by atoms with van der Waals surface area (Å²) >= 11 is 1.24. The van der Waals surface area contributed by atoms with Crippen molar-refractivity contribution in [2.24, 2.45) is 0 Å². The highest BCUT2D eigenvalue weighted by Gasteiger charge is 2.34. The van der Waals surface area contributed by atoms with Gasteiger partial charge in [-0.2, -0.15) is 0 Å². The van der Waals surface area contributed by atoms with Crippen molar-refractivity contribution in [2.75, 3.05) is 43.9 Å². The van der Waals surface area contributed by atoms with E-state index in [2.05, 4.69) is 15.6 Å². The van der Waals surface area contributed by atoms with Gasteiger partial charge in [0.1, 0.15) is 21.2 Å². The maximum Gasteiger partial charge on any atom is 0.331 e. The number of hydrogen-bond donors (Lipinski definition) is 2. The molecule has 0 aliphatic carbocycles. The van der Waals surface area contributed by atoms with Crippen molar-refractivity contribution in [3.8, 4) is 11.5 Å². The Labute approximate surface area is 247 Å². The quantitative estimate of drug-likeness (QED) is 0.276. The molecule has 0 bridgehead atoms. The van der Waals surface area contributed by atoms with Crippen LogP contribution in [-0.4, -0.2) is 72.4 Å². The summed E-state index contributed by atoms with van der Waals surface area (Å²) in [7, 11) is 3.88. The van der Waals surface area contributed by atoms with Gasteiger partial charge in [0.2, 0.25) is 5.91 Å². The third-order valence-corrected chi connectivity index (χ3v) is 8.19. The molecule has 0 spiro atoms. The molecular weight excluding hydrogens is 552 g/mol. The lowest BCUT2D eigenvalue weighted by molar-refractivity contribution is -0.125. The van der Waals surface area contributed by atoms with Gasteiger partial charge in [-0.15, -0.1) is 11.3 Å². The number of aromatic nitrogens is 1. The molecule has 2 N–H and O–H groups in total. The molecule has 2 aliphatic heterocycles. The lowest BCUT2D eigenvalue weighted by Crippen LogP contribution is -2.39. The number of para-hydroxylation sites is 1. The predicted octanol–water partition coefficient (Wildman–Crippen LogP) is 5.22. The first-order valence-electron chi connectivity index (χ1n) is 13.6. The van der Waals surface area contributed by atoms with Crippen molar-refractivity contribution in [3.63, 3.8) is 0 Å². The zero-order valence-corrected chi connectivity index (χ0v) is 24.1. The van der Waals surface area contributed by atoms with Gasteiger partial charge in [0, 0.05) is 37.9 Å². The number of likely N-dealkylation sites (tertiary alicyclic amines) is 1. The first-order chi connectivity index (χ1) is 20.4. The smallest absolute Gasteiger partial charge is 0.331 e. The van der Waals surface area contributed by atoms with Gasteiger partial charge < -0.3 is 25.2 Å². The normalized spacial score (nSPS) is 16.4. The van der Waals surface area contributed by atoms with Crippen molar-refractivity contribution in [2.45, 2.75) is 12.5 Å². The second-order valence-electron chi connectivity index (χ2n) is 10.4. The van der Waals surface area contributed by atoms with Crippen LogP contribution in [0, 0.1) is 0 Å². The molecule has 2 aromatic carbocycles. The Morgan fingerprint density at radius 3 is 2.64 bits per heavy atom. The van der Waals surface area contributed by atoms with Gasteiger partial charge in [-0.3, -0.25) is 14.5 Å². The molecule has 0 radical (unpaired) electrons. The third kappa shape index (κ3) is 5.56. The lowest BCUT2D eigenvalue weighted by Gasteiger charge is -2.28. The first kappa shape index (κ1) is 27.4. The van der Waals surface area contributed by atoms with Crippen molar-refractivity contribution >= 4 is 56.5 Å². The molecule has 1 atom stereocenters. The van der Waals surface area contributed by atoms with E-state index in [1.807, 2.05) is 79.7 Å². The van der Waals surface area contributed by atoms with E-state index >= 15 is 0 Å². The standard InChI is InChI=1S/C31H30N6O4S/c1-35(2)17-6-9-25(38)36-18-15-20(19-36)33-29(39)28-27-26-24(14-16-32-30(26)42-28)37(31(40)34-27)21-10-12-23(13-11-21)41-22-7-4-3-5-8-22/h3-14,16,20H,15,17-19H2,1-2H3,(H,33,39)(H,34,40)/b9-6+/t20-/m1/s1. The largest absolute Gasteiger partial charge is 0.457 e. The van der Waals surface area contributed by atoms with Crippen LogP contribution in [0.2, 0.25) is 0 Å². The minimum atomic E-state index is -0.374. The van der Waals surface area contributed by atoms with E-state index in [1.165, 1.54) is 11.3 Å². The Morgan fingerprint density at radius 1 is 1.12 bits per heavy atom. The summed E-state index contributed by atoms with van der Waals surface area (Å²) in [6.07, 6.45) is 5.72. The molecule has 4 amide bonds. The van der Waals surface area contributed by atoms with Gasteiger partial charge in [-0.05, 0) is 63.0 Å². The Bertz CT molecular complexity index is 1670. The number of carbonyl (C=O) groups excluding carboxylic acids is 3. The Kier molecular flexibility index (Phi) is 7.60. The number of thiophene rings is 1. The highest BCUT2D eigenvalue weighted by molar-refractivity contribution is 7.21. The Balaban J connectivity index is 1.19. The maximum absolute atomic E-state index is 13.4. The summed E-state index contributed by atoms with van der Waals surface area (Å²) in [5, 5.41) is 6.70. The van der Waals surface area contributed by atoms with Crippen molar-refractivity contribution in [1.82, 2.24) is 20.1 Å². The topological polar surface area (TPSA) is 107 Å². The average Bonchev–Trinajstić information content (AvgIpc) is 3.60. The Hall–Kier alpha value is -4.74. The molecule has 214 valence electrons. The van der Waals surface area contributed by atoms with E-state index in [4.69, 9.17) is 4.74 Å². The summed E-state index contributed by atoms with van der Waals surface area (Å²) < 4.78 is 5.89. The highest BCUT2D eigenvalue weighted by Crippen LogP contribution is 2.45. The van der Waals surface area contributed by atoms with E-state index in [1.54, 1.807) is 28.1 Å². The molecule has 42 heavy (non-hydrogen) atoms. The van der Waals surface area contributed by atoms with Gasteiger partial charge in [-0.25, -0.2) is 9.78 Å². The number of anilines is 3. The van der Waals surface area contributed by atoms with Crippen LogP contribution >= 0.6 is 11.3 Å². The Morgan fingerprint density at radius 2 is 1.88 bits per heavy atom. The summed E-state index contributed by atoms with van der Waals surface area (Å²) in [6, 6.07) is 17.9. The molecule has 4 aromatic rings. The number of pyridine rings is 1. The van der Waals surface area contributed by atoms with E-state index in [0.29, 0.717) is 64.0 Å². The molecular formula is C31H30N6O4S. The fourth-order valence-corrected chi connectivity index (χ4v) is 6.11. The minimum absolute atomic E-state index is 0.0635. The zero-order valence-electron chi connectivity index (χ0n) is 23.2. The molecule has 2 aliphatic rings. The molecule has 4 heterocycles. The zero-order chi connectivity index (χ0) is 29.2. The van der Waals surface area contributed by atoms with Crippen molar-refractivity contribution in [1.29, 1.82) is 0 Å². The van der Waals surface area contributed by atoms with E-state index in [-0.39, 0.29) is 23.9 Å². The summed E-state index contributed by atoms with van der Waals surface area (Å²) in [5.74, 6) is 1.01. The van der Waals surface area contributed by atoms with E-state index in [9.17, 15) is 14.4 Å². The maximum atomic E-state index is 13.4. The predicted molar refractivity (Wildman–Crippen MR) is 164 cm³/mol. The third-order valence-electron chi connectivity index (χ3n) is 7.09. The van der Waals surface area contributed by atoms with Crippen molar-refractivity contribution in [3.05, 3.63) is 83.9 Å². The molecule has 6 rings (SSSR count). The number of nitrogens with one attached hydrogen (secondary N) is 2. The minimum Gasteiger partial charge on any atom is -0.457 e. The van der Waals surface area contributed by atoms with Crippen LogP contribution in [0.1, 0.15) is 16.1 Å². The summed E-state index contributed by atoms with van der Waals surface area (Å²) in [4.78, 5) is 50.2. The fraction of sp³-hybridized carbons (Fsp3) is 0.226. The SMILES string of the molecule is CN(C)C/C=C/C(=O)N1CC[C@@H](NC(=O)c2sc3nccc4c3c2NC(=O)N4c2ccc(Oc3ccccc3)cc2)C1. The second kappa shape index (κ2) is 11.6. The number of carbonyl (C=O) groups is 3. The van der Waals surface area contributed by atoms with Crippen LogP contribution < -0.4 is 20.3 Å². The number of rotatable bonds is 8. The van der Waals surface area contributed by atoms with E-state index in [0.717, 1.165) is 5.75 Å². The number of ether oxygens (including phenoxy) is 1. The monoisotopic (exact) mass is 582 g/mol. The molecule has 1 saturated heterocycles. The van der Waals surface area contributed by atoms with Gasteiger partial charge in [0.05, 0.1) is 22.4 Å². The number of likely N-dealkylation sites (N-methyl/N-ethyl adjacent to an activating group) is 1. The molecule has 10 nitrogen and oxygen atoms in total. The molecule has 2 aromatic heterocycles. The molecule has 0 unspecified atom stereocenters. The summed E-state index contributed by atoms with van der Waals surface area (Å²) in [6.45, 7) is 1.69. The van der Waals surface area contributed by atoms with Crippen LogP contribution in [0.3, 0.4) is 0 Å².